The van der Waals surface area contributed by atoms with Crippen molar-refractivity contribution in [3.8, 4) is 0 Å². The van der Waals surface area contributed by atoms with Crippen LogP contribution in [-0.4, -0.2) is 50.0 Å². The lowest BCUT2D eigenvalue weighted by Crippen LogP contribution is -2.48. The Labute approximate surface area is 122 Å². The molecule has 1 aliphatic heterocycles. The van der Waals surface area contributed by atoms with Crippen LogP contribution < -0.4 is 5.73 Å². The third-order valence-electron chi connectivity index (χ3n) is 3.35. The predicted octanol–water partition coefficient (Wildman–Crippen LogP) is 0.251. The molecule has 116 valence electrons. The fraction of sp³-hybridized carbons (Fsp3) is 0.500. The van der Waals surface area contributed by atoms with Crippen LogP contribution in [0.5, 0.6) is 0 Å². The van der Waals surface area contributed by atoms with E-state index in [0.717, 1.165) is 0 Å². The molecule has 1 aliphatic rings. The van der Waals surface area contributed by atoms with Gasteiger partial charge in [-0.1, -0.05) is 12.1 Å². The van der Waals surface area contributed by atoms with E-state index in [2.05, 4.69) is 0 Å². The molecule has 21 heavy (non-hydrogen) atoms. The first kappa shape index (κ1) is 15.8. The third kappa shape index (κ3) is 3.05. The van der Waals surface area contributed by atoms with Crippen molar-refractivity contribution >= 4 is 15.7 Å². The van der Waals surface area contributed by atoms with Crippen molar-refractivity contribution in [1.82, 2.24) is 4.31 Å². The van der Waals surface area contributed by atoms with E-state index >= 15 is 0 Å². The van der Waals surface area contributed by atoms with Crippen molar-refractivity contribution in [2.24, 2.45) is 5.73 Å². The molecule has 8 nitrogen and oxygen atoms in total. The molecular weight excluding hydrogens is 298 g/mol. The molecule has 0 aliphatic carbocycles. The highest BCUT2D eigenvalue weighted by Crippen LogP contribution is 2.30. The first-order valence-corrected chi connectivity index (χ1v) is 7.87. The Morgan fingerprint density at radius 3 is 2.86 bits per heavy atom. The number of sulfonamides is 1. The number of nitro benzene ring substituents is 1. The molecule has 1 fully saturated rings. The van der Waals surface area contributed by atoms with Crippen LogP contribution in [-0.2, 0) is 14.8 Å². The molecule has 1 saturated heterocycles. The van der Waals surface area contributed by atoms with Gasteiger partial charge in [0.1, 0.15) is 0 Å². The van der Waals surface area contributed by atoms with Gasteiger partial charge in [0.05, 0.1) is 17.6 Å². The molecule has 2 N–H and O–H groups in total. The molecule has 0 spiro atoms. The predicted molar refractivity (Wildman–Crippen MR) is 75.4 cm³/mol. The summed E-state index contributed by atoms with van der Waals surface area (Å²) in [7, 11) is -3.96. The lowest BCUT2D eigenvalue weighted by atomic mass is 10.2. The van der Waals surface area contributed by atoms with E-state index in [0.29, 0.717) is 5.56 Å². The zero-order valence-electron chi connectivity index (χ0n) is 11.6. The van der Waals surface area contributed by atoms with Crippen LogP contribution in [0.1, 0.15) is 5.56 Å². The second kappa shape index (κ2) is 6.06. The van der Waals surface area contributed by atoms with Crippen LogP contribution in [0.25, 0.3) is 0 Å². The monoisotopic (exact) mass is 315 g/mol. The van der Waals surface area contributed by atoms with Crippen molar-refractivity contribution in [2.45, 2.75) is 17.9 Å². The quantitative estimate of drug-likeness (QED) is 0.629. The number of hydrogen-bond acceptors (Lipinski definition) is 6. The van der Waals surface area contributed by atoms with Gasteiger partial charge in [-0.25, -0.2) is 8.42 Å². The van der Waals surface area contributed by atoms with Gasteiger partial charge in [0.2, 0.25) is 10.0 Å². The lowest BCUT2D eigenvalue weighted by molar-refractivity contribution is -0.387. The Balaban J connectivity index is 2.47. The van der Waals surface area contributed by atoms with Crippen LogP contribution in [0.3, 0.4) is 0 Å². The summed E-state index contributed by atoms with van der Waals surface area (Å²) in [5.41, 5.74) is 5.44. The second-order valence-electron chi connectivity index (χ2n) is 4.77. The summed E-state index contributed by atoms with van der Waals surface area (Å²) in [5.74, 6) is 0. The van der Waals surface area contributed by atoms with Crippen molar-refractivity contribution in [3.05, 3.63) is 33.9 Å². The van der Waals surface area contributed by atoms with Gasteiger partial charge in [-0.05, 0) is 12.5 Å². The maximum atomic E-state index is 12.7. The van der Waals surface area contributed by atoms with Gasteiger partial charge in [-0.3, -0.25) is 10.1 Å². The number of benzene rings is 1. The summed E-state index contributed by atoms with van der Waals surface area (Å²) >= 11 is 0. The zero-order valence-corrected chi connectivity index (χ0v) is 12.4. The number of aryl methyl sites for hydroxylation is 1. The molecule has 0 aromatic heterocycles. The van der Waals surface area contributed by atoms with Crippen molar-refractivity contribution < 1.29 is 18.1 Å². The van der Waals surface area contributed by atoms with Gasteiger partial charge in [-0.15, -0.1) is 0 Å². The number of hydrogen-bond donors (Lipinski definition) is 1. The summed E-state index contributed by atoms with van der Waals surface area (Å²) in [6.45, 7) is 2.22. The first-order valence-electron chi connectivity index (χ1n) is 6.43. The molecule has 1 unspecified atom stereocenters. The first-order chi connectivity index (χ1) is 9.87. The maximum Gasteiger partial charge on any atom is 0.289 e. The van der Waals surface area contributed by atoms with Gasteiger partial charge < -0.3 is 10.5 Å². The third-order valence-corrected chi connectivity index (χ3v) is 5.41. The average molecular weight is 315 g/mol. The highest BCUT2D eigenvalue weighted by Gasteiger charge is 2.36. The molecule has 0 amide bonds. The van der Waals surface area contributed by atoms with Crippen molar-refractivity contribution in [1.29, 1.82) is 0 Å². The summed E-state index contributed by atoms with van der Waals surface area (Å²) in [6.07, 6.45) is -0.392. The summed E-state index contributed by atoms with van der Waals surface area (Å²) < 4.78 is 32.0. The fourth-order valence-corrected chi connectivity index (χ4v) is 4.12. The maximum absolute atomic E-state index is 12.7. The minimum Gasteiger partial charge on any atom is -0.374 e. The molecule has 1 atom stereocenters. The van der Waals surface area contributed by atoms with E-state index in [1.165, 1.54) is 16.4 Å². The number of nitrogens with two attached hydrogens (primary N) is 1. The van der Waals surface area contributed by atoms with Crippen molar-refractivity contribution in [2.75, 3.05) is 26.2 Å². The SMILES string of the molecule is Cc1cccc([N+](=O)[O-])c1S(=O)(=O)N1CCOC(CN)C1. The molecule has 0 radical (unpaired) electrons. The van der Waals surface area contributed by atoms with E-state index in [4.69, 9.17) is 10.5 Å². The van der Waals surface area contributed by atoms with E-state index in [9.17, 15) is 18.5 Å². The number of nitrogens with zero attached hydrogens (tertiary/aromatic N) is 2. The number of ether oxygens (including phenoxy) is 1. The molecule has 1 heterocycles. The number of rotatable bonds is 4. The Hall–Kier alpha value is -1.55. The Bertz CT molecular complexity index is 646. The lowest BCUT2D eigenvalue weighted by Gasteiger charge is -2.31. The van der Waals surface area contributed by atoms with Crippen LogP contribution in [0.4, 0.5) is 5.69 Å². The van der Waals surface area contributed by atoms with Crippen LogP contribution in [0.2, 0.25) is 0 Å². The number of nitro groups is 1. The molecule has 2 rings (SSSR count). The van der Waals surface area contributed by atoms with Crippen LogP contribution >= 0.6 is 0 Å². The molecular formula is C12H17N3O5S. The molecule has 0 saturated carbocycles. The Kier molecular flexibility index (Phi) is 4.57. The van der Waals surface area contributed by atoms with E-state index in [1.54, 1.807) is 13.0 Å². The highest BCUT2D eigenvalue weighted by atomic mass is 32.2. The largest absolute Gasteiger partial charge is 0.374 e. The smallest absolute Gasteiger partial charge is 0.289 e. The number of morpholine rings is 1. The fourth-order valence-electron chi connectivity index (χ4n) is 2.30. The summed E-state index contributed by atoms with van der Waals surface area (Å²) in [5, 5.41) is 11.1. The molecule has 1 aromatic carbocycles. The summed E-state index contributed by atoms with van der Waals surface area (Å²) in [4.78, 5) is 10.2. The van der Waals surface area contributed by atoms with Gasteiger partial charge in [0.15, 0.2) is 4.90 Å². The molecule has 1 aromatic rings. The van der Waals surface area contributed by atoms with Crippen LogP contribution in [0.15, 0.2) is 23.1 Å². The average Bonchev–Trinajstić information content (AvgIpc) is 2.46. The standard InChI is InChI=1S/C12H17N3O5S/c1-9-3-2-4-11(15(16)17)12(9)21(18,19)14-5-6-20-10(7-13)8-14/h2-4,10H,5-8,13H2,1H3. The normalized spacial score (nSPS) is 20.4. The summed E-state index contributed by atoms with van der Waals surface area (Å²) in [6, 6.07) is 4.20. The Morgan fingerprint density at radius 2 is 2.24 bits per heavy atom. The minimum absolute atomic E-state index is 0.102. The molecule has 9 heteroatoms. The Morgan fingerprint density at radius 1 is 1.52 bits per heavy atom. The zero-order chi connectivity index (χ0) is 15.6. The topological polar surface area (TPSA) is 116 Å². The second-order valence-corrected chi connectivity index (χ2v) is 6.65. The van der Waals surface area contributed by atoms with Gasteiger partial charge in [0, 0.05) is 25.7 Å². The minimum atomic E-state index is -3.96. The molecule has 0 bridgehead atoms. The van der Waals surface area contributed by atoms with E-state index in [1.807, 2.05) is 0 Å². The van der Waals surface area contributed by atoms with E-state index in [-0.39, 0.29) is 31.1 Å². The van der Waals surface area contributed by atoms with E-state index < -0.39 is 26.7 Å². The van der Waals surface area contributed by atoms with Gasteiger partial charge >= 0.3 is 0 Å². The van der Waals surface area contributed by atoms with Gasteiger partial charge in [-0.2, -0.15) is 4.31 Å². The van der Waals surface area contributed by atoms with Crippen molar-refractivity contribution in [3.63, 3.8) is 0 Å². The highest BCUT2D eigenvalue weighted by molar-refractivity contribution is 7.89. The van der Waals surface area contributed by atoms with Gasteiger partial charge in [0.25, 0.3) is 5.69 Å². The van der Waals surface area contributed by atoms with Crippen LogP contribution in [0, 0.1) is 17.0 Å².